The fourth-order valence-corrected chi connectivity index (χ4v) is 2.51. The molecule has 0 bridgehead atoms. The highest BCUT2D eigenvalue weighted by molar-refractivity contribution is 6.21. The molecule has 108 valence electrons. The number of benzene rings is 1. The number of fused-ring (bicyclic) bond motifs is 1. The number of rotatable bonds is 2. The van der Waals surface area contributed by atoms with Crippen LogP contribution in [0.5, 0.6) is 0 Å². The van der Waals surface area contributed by atoms with Gasteiger partial charge in [-0.3, -0.25) is 14.4 Å². The maximum Gasteiger partial charge on any atom is 0.331 e. The van der Waals surface area contributed by atoms with Crippen molar-refractivity contribution in [3.8, 4) is 0 Å². The molecule has 2 aliphatic rings. The van der Waals surface area contributed by atoms with Crippen molar-refractivity contribution in [1.29, 1.82) is 0 Å². The second-order valence-corrected chi connectivity index (χ2v) is 5.56. The molecular formula is C16H14O5. The Morgan fingerprint density at radius 2 is 1.86 bits per heavy atom. The second-order valence-electron chi connectivity index (χ2n) is 5.56. The molecule has 21 heavy (non-hydrogen) atoms. The number of allylic oxidation sites excluding steroid dienone is 1. The lowest BCUT2D eigenvalue weighted by Crippen LogP contribution is -2.49. The fourth-order valence-electron chi connectivity index (χ4n) is 2.51. The summed E-state index contributed by atoms with van der Waals surface area (Å²) < 4.78 is 9.95. The van der Waals surface area contributed by atoms with Crippen molar-refractivity contribution in [3.63, 3.8) is 0 Å². The summed E-state index contributed by atoms with van der Waals surface area (Å²) in [7, 11) is 0. The Balaban J connectivity index is 1.89. The highest BCUT2D eigenvalue weighted by atomic mass is 16.7. The second kappa shape index (κ2) is 4.55. The molecule has 1 aromatic carbocycles. The minimum absolute atomic E-state index is 0.316. The van der Waals surface area contributed by atoms with Crippen LogP contribution in [0.25, 0.3) is 6.08 Å². The predicted molar refractivity (Wildman–Crippen MR) is 73.3 cm³/mol. The Morgan fingerprint density at radius 1 is 1.19 bits per heavy atom. The first-order chi connectivity index (χ1) is 9.87. The monoisotopic (exact) mass is 286 g/mol. The average Bonchev–Trinajstić information content (AvgIpc) is 2.82. The first-order valence-corrected chi connectivity index (χ1v) is 6.67. The lowest BCUT2D eigenvalue weighted by molar-refractivity contribution is -0.236. The van der Waals surface area contributed by atoms with E-state index in [2.05, 4.69) is 0 Å². The fraction of sp³-hybridized carbons (Fsp3) is 0.312. The van der Waals surface area contributed by atoms with Gasteiger partial charge in [0.15, 0.2) is 5.78 Å². The van der Waals surface area contributed by atoms with Gasteiger partial charge in [0, 0.05) is 19.4 Å². The van der Waals surface area contributed by atoms with Gasteiger partial charge in [-0.25, -0.2) is 0 Å². The van der Waals surface area contributed by atoms with Crippen LogP contribution in [0.4, 0.5) is 0 Å². The number of ketones is 1. The summed E-state index contributed by atoms with van der Waals surface area (Å²) in [6.45, 7) is 2.90. The zero-order valence-corrected chi connectivity index (χ0v) is 11.7. The third kappa shape index (κ3) is 2.35. The van der Waals surface area contributed by atoms with Crippen molar-refractivity contribution in [1.82, 2.24) is 0 Å². The molecule has 0 N–H and O–H groups in total. The summed E-state index contributed by atoms with van der Waals surface area (Å²) in [6.07, 6.45) is 4.70. The van der Waals surface area contributed by atoms with Gasteiger partial charge in [0.05, 0.1) is 0 Å². The minimum atomic E-state index is -1.54. The smallest absolute Gasteiger partial charge is 0.331 e. The van der Waals surface area contributed by atoms with Gasteiger partial charge < -0.3 is 9.47 Å². The first kappa shape index (κ1) is 13.5. The first-order valence-electron chi connectivity index (χ1n) is 6.67. The lowest BCUT2D eigenvalue weighted by atomic mass is 9.94. The Kier molecular flexibility index (Phi) is 2.93. The van der Waals surface area contributed by atoms with E-state index >= 15 is 0 Å². The van der Waals surface area contributed by atoms with Crippen molar-refractivity contribution in [2.45, 2.75) is 26.1 Å². The lowest BCUT2D eigenvalue weighted by Gasteiger charge is -2.32. The van der Waals surface area contributed by atoms with Crippen LogP contribution in [-0.4, -0.2) is 23.5 Å². The zero-order chi connectivity index (χ0) is 15.2. The van der Waals surface area contributed by atoms with Crippen molar-refractivity contribution in [2.75, 3.05) is 0 Å². The quantitative estimate of drug-likeness (QED) is 0.472. The number of esters is 2. The minimum Gasteiger partial charge on any atom is -0.422 e. The molecule has 3 rings (SSSR count). The maximum absolute atomic E-state index is 12.4. The predicted octanol–water partition coefficient (Wildman–Crippen LogP) is 1.89. The molecule has 1 fully saturated rings. The van der Waals surface area contributed by atoms with Gasteiger partial charge in [-0.2, -0.15) is 0 Å². The summed E-state index contributed by atoms with van der Waals surface area (Å²) in [6, 6.07) is 5.12. The molecule has 0 saturated carbocycles. The molecule has 1 aliphatic heterocycles. The summed E-state index contributed by atoms with van der Waals surface area (Å²) in [4.78, 5) is 36.2. The van der Waals surface area contributed by atoms with Crippen LogP contribution in [0, 0.1) is 5.92 Å². The van der Waals surface area contributed by atoms with Crippen molar-refractivity contribution < 1.29 is 23.9 Å². The molecule has 0 amide bonds. The van der Waals surface area contributed by atoms with Crippen molar-refractivity contribution in [3.05, 3.63) is 41.0 Å². The summed E-state index contributed by atoms with van der Waals surface area (Å²) in [5.74, 6) is -5.17. The van der Waals surface area contributed by atoms with E-state index in [1.54, 1.807) is 18.2 Å². The average molecular weight is 286 g/mol. The van der Waals surface area contributed by atoms with Crippen molar-refractivity contribution >= 4 is 23.8 Å². The molecule has 0 atom stereocenters. The highest BCUT2D eigenvalue weighted by Gasteiger charge is 2.47. The Hall–Kier alpha value is -2.43. The number of cyclic esters (lactones) is 2. The molecular weight excluding hydrogens is 272 g/mol. The van der Waals surface area contributed by atoms with E-state index < -0.39 is 29.4 Å². The molecule has 1 aliphatic carbocycles. The molecule has 5 heteroatoms. The maximum atomic E-state index is 12.4. The molecule has 1 aromatic rings. The van der Waals surface area contributed by atoms with E-state index in [0.29, 0.717) is 5.56 Å². The van der Waals surface area contributed by atoms with E-state index in [1.165, 1.54) is 13.8 Å². The van der Waals surface area contributed by atoms with E-state index in [4.69, 9.17) is 9.47 Å². The number of Topliss-reactive ketones (excluding diaryl/α,β-unsaturated/α-hetero) is 1. The van der Waals surface area contributed by atoms with Crippen LogP contribution in [0.15, 0.2) is 24.3 Å². The van der Waals surface area contributed by atoms with Crippen LogP contribution in [-0.2, 0) is 25.5 Å². The largest absolute Gasteiger partial charge is 0.422 e. The number of ether oxygens (including phenoxy) is 2. The van der Waals surface area contributed by atoms with Gasteiger partial charge in [0.1, 0.15) is 0 Å². The highest BCUT2D eigenvalue weighted by Crippen LogP contribution is 2.27. The van der Waals surface area contributed by atoms with Gasteiger partial charge in [0.25, 0.3) is 5.79 Å². The summed E-state index contributed by atoms with van der Waals surface area (Å²) in [5.41, 5.74) is 2.36. The van der Waals surface area contributed by atoms with E-state index in [1.807, 2.05) is 12.2 Å². The number of hydrogen-bond acceptors (Lipinski definition) is 5. The third-order valence-corrected chi connectivity index (χ3v) is 3.49. The van der Waals surface area contributed by atoms with Gasteiger partial charge in [-0.1, -0.05) is 24.3 Å². The van der Waals surface area contributed by atoms with Crippen LogP contribution in [0.2, 0.25) is 0 Å². The molecule has 0 aromatic heterocycles. The topological polar surface area (TPSA) is 69.7 Å². The molecule has 0 unspecified atom stereocenters. The van der Waals surface area contributed by atoms with E-state index in [-0.39, 0.29) is 0 Å². The Labute approximate surface area is 121 Å². The van der Waals surface area contributed by atoms with E-state index in [0.717, 1.165) is 17.5 Å². The Bertz CT molecular complexity index is 664. The van der Waals surface area contributed by atoms with Gasteiger partial charge in [-0.05, 0) is 23.6 Å². The van der Waals surface area contributed by atoms with E-state index in [9.17, 15) is 14.4 Å². The molecule has 1 saturated heterocycles. The Morgan fingerprint density at radius 3 is 2.52 bits per heavy atom. The zero-order valence-electron chi connectivity index (χ0n) is 11.7. The molecule has 0 spiro atoms. The van der Waals surface area contributed by atoms with Gasteiger partial charge >= 0.3 is 11.9 Å². The van der Waals surface area contributed by atoms with Crippen molar-refractivity contribution in [2.24, 2.45) is 5.92 Å². The molecule has 0 radical (unpaired) electrons. The normalized spacial score (nSPS) is 19.9. The standard InChI is InChI=1S/C16H14O5/c1-16(2)20-14(18)12(15(19)21-16)13(17)11-7-6-9-4-3-5-10(9)8-11/h3-4,6-8,12H,5H2,1-2H3. The van der Waals surface area contributed by atoms with Crippen LogP contribution in [0.1, 0.15) is 35.3 Å². The number of carbonyl (C=O) groups excluding carboxylic acids is 3. The molecule has 5 nitrogen and oxygen atoms in total. The summed E-state index contributed by atoms with van der Waals surface area (Å²) in [5, 5.41) is 0. The summed E-state index contributed by atoms with van der Waals surface area (Å²) >= 11 is 0. The number of carbonyl (C=O) groups is 3. The van der Waals surface area contributed by atoms with Gasteiger partial charge in [-0.15, -0.1) is 0 Å². The van der Waals surface area contributed by atoms with Crippen LogP contribution in [0.3, 0.4) is 0 Å². The van der Waals surface area contributed by atoms with Gasteiger partial charge in [0.2, 0.25) is 5.92 Å². The number of hydrogen-bond donors (Lipinski definition) is 0. The van der Waals surface area contributed by atoms with Crippen LogP contribution >= 0.6 is 0 Å². The third-order valence-electron chi connectivity index (χ3n) is 3.49. The SMILES string of the molecule is CC1(C)OC(=O)C(C(=O)c2ccc3c(c2)CC=C3)C(=O)O1. The molecule has 1 heterocycles. The van der Waals surface area contributed by atoms with Crippen LogP contribution < -0.4 is 0 Å².